The first kappa shape index (κ1) is 21.3. The molecule has 2 saturated carbocycles. The lowest BCUT2D eigenvalue weighted by molar-refractivity contribution is -0.143. The van der Waals surface area contributed by atoms with Crippen LogP contribution in [-0.4, -0.2) is 11.6 Å². The van der Waals surface area contributed by atoms with E-state index < -0.39 is 0 Å². The predicted molar refractivity (Wildman–Crippen MR) is 116 cm³/mol. The summed E-state index contributed by atoms with van der Waals surface area (Å²) in [6.07, 6.45) is 14.1. The van der Waals surface area contributed by atoms with Gasteiger partial charge in [0.1, 0.15) is 0 Å². The zero-order valence-electron chi connectivity index (χ0n) is 17.9. The molecule has 0 aromatic heterocycles. The van der Waals surface area contributed by atoms with Crippen molar-refractivity contribution in [2.24, 2.45) is 17.8 Å². The standard InChI is InChI=1S/C26H38O2/c1-3-5-6-8-20-11-15-22(16-12-20)24-18-17-23(25(27)26(24)28)21-13-9-19(7-4-2)10-14-21/h9-10,13-14,20,22-24H,3-8,11-12,15-18H2,1-2H3/t20-,22-,23?,24?. The number of hydrogen-bond acceptors (Lipinski definition) is 2. The molecule has 2 unspecified atom stereocenters. The molecule has 0 bridgehead atoms. The van der Waals surface area contributed by atoms with Gasteiger partial charge in [-0.25, -0.2) is 0 Å². The van der Waals surface area contributed by atoms with Gasteiger partial charge in [0.25, 0.3) is 0 Å². The Kier molecular flexibility index (Phi) is 7.88. The predicted octanol–water partition coefficient (Wildman–Crippen LogP) is 6.66. The number of hydrogen-bond donors (Lipinski definition) is 0. The van der Waals surface area contributed by atoms with E-state index in [0.29, 0.717) is 5.92 Å². The molecule has 0 amide bonds. The molecule has 0 radical (unpaired) electrons. The minimum atomic E-state index is -0.204. The van der Waals surface area contributed by atoms with Gasteiger partial charge in [-0.2, -0.15) is 0 Å². The van der Waals surface area contributed by atoms with Crippen LogP contribution in [0.3, 0.4) is 0 Å². The Balaban J connectivity index is 1.54. The average molecular weight is 383 g/mol. The molecular formula is C26H38O2. The molecule has 2 heteroatoms. The van der Waals surface area contributed by atoms with Crippen LogP contribution in [0.1, 0.15) is 102 Å². The summed E-state index contributed by atoms with van der Waals surface area (Å²) in [5.74, 6) is 0.913. The van der Waals surface area contributed by atoms with E-state index in [0.717, 1.165) is 50.0 Å². The van der Waals surface area contributed by atoms with Crippen molar-refractivity contribution in [3.05, 3.63) is 35.4 Å². The van der Waals surface area contributed by atoms with Crippen molar-refractivity contribution in [2.75, 3.05) is 0 Å². The van der Waals surface area contributed by atoms with Gasteiger partial charge in [-0.1, -0.05) is 83.1 Å². The smallest absolute Gasteiger partial charge is 0.206 e. The second kappa shape index (κ2) is 10.4. The number of benzene rings is 1. The van der Waals surface area contributed by atoms with Crippen molar-refractivity contribution in [1.29, 1.82) is 0 Å². The van der Waals surface area contributed by atoms with Crippen LogP contribution in [0, 0.1) is 17.8 Å². The molecular weight excluding hydrogens is 344 g/mol. The molecule has 154 valence electrons. The highest BCUT2D eigenvalue weighted by Gasteiger charge is 2.41. The number of unbranched alkanes of at least 4 members (excludes halogenated alkanes) is 2. The van der Waals surface area contributed by atoms with Crippen LogP contribution in [0.15, 0.2) is 24.3 Å². The molecule has 0 saturated heterocycles. The normalized spacial score (nSPS) is 28.5. The Morgan fingerprint density at radius 2 is 1.50 bits per heavy atom. The molecule has 1 aromatic carbocycles. The van der Waals surface area contributed by atoms with Crippen LogP contribution in [0.25, 0.3) is 0 Å². The fourth-order valence-corrected chi connectivity index (χ4v) is 5.50. The van der Waals surface area contributed by atoms with E-state index >= 15 is 0 Å². The van der Waals surface area contributed by atoms with Gasteiger partial charge < -0.3 is 0 Å². The van der Waals surface area contributed by atoms with Gasteiger partial charge in [0, 0.05) is 5.92 Å². The second-order valence-electron chi connectivity index (χ2n) is 9.23. The van der Waals surface area contributed by atoms with Gasteiger partial charge in [0.2, 0.25) is 11.6 Å². The van der Waals surface area contributed by atoms with Gasteiger partial charge in [-0.05, 0) is 55.1 Å². The second-order valence-corrected chi connectivity index (χ2v) is 9.23. The van der Waals surface area contributed by atoms with Gasteiger partial charge in [0.05, 0.1) is 5.92 Å². The summed E-state index contributed by atoms with van der Waals surface area (Å²) >= 11 is 0. The third-order valence-electron chi connectivity index (χ3n) is 7.26. The quantitative estimate of drug-likeness (QED) is 0.372. The third kappa shape index (κ3) is 5.13. The number of carbonyl (C=O) groups excluding carboxylic acids is 2. The lowest BCUT2D eigenvalue weighted by Gasteiger charge is -2.36. The Bertz CT molecular complexity index is 637. The molecule has 1 aromatic rings. The molecule has 0 spiro atoms. The van der Waals surface area contributed by atoms with Gasteiger partial charge in [-0.3, -0.25) is 9.59 Å². The summed E-state index contributed by atoms with van der Waals surface area (Å²) in [6.45, 7) is 4.44. The van der Waals surface area contributed by atoms with Gasteiger partial charge in [0.15, 0.2) is 0 Å². The van der Waals surface area contributed by atoms with E-state index in [1.807, 2.05) is 0 Å². The minimum Gasteiger partial charge on any atom is -0.291 e. The highest BCUT2D eigenvalue weighted by molar-refractivity contribution is 6.40. The first-order valence-corrected chi connectivity index (χ1v) is 11.8. The first-order valence-electron chi connectivity index (χ1n) is 11.8. The molecule has 3 rings (SSSR count). The van der Waals surface area contributed by atoms with Gasteiger partial charge in [-0.15, -0.1) is 0 Å². The van der Waals surface area contributed by atoms with Crippen molar-refractivity contribution >= 4 is 11.6 Å². The Labute approximate surface area is 171 Å². The zero-order valence-corrected chi connectivity index (χ0v) is 17.9. The molecule has 0 heterocycles. The fraction of sp³-hybridized carbons (Fsp3) is 0.692. The van der Waals surface area contributed by atoms with E-state index in [-0.39, 0.29) is 23.4 Å². The maximum Gasteiger partial charge on any atom is 0.206 e. The lowest BCUT2D eigenvalue weighted by Crippen LogP contribution is -2.39. The summed E-state index contributed by atoms with van der Waals surface area (Å²) in [5, 5.41) is 0. The summed E-state index contributed by atoms with van der Waals surface area (Å²) in [5.41, 5.74) is 2.35. The summed E-state index contributed by atoms with van der Waals surface area (Å²) in [6, 6.07) is 8.40. The fourth-order valence-electron chi connectivity index (χ4n) is 5.50. The lowest BCUT2D eigenvalue weighted by atomic mass is 9.67. The molecule has 0 N–H and O–H groups in total. The number of ketones is 2. The largest absolute Gasteiger partial charge is 0.291 e. The maximum atomic E-state index is 12.9. The molecule has 0 aliphatic heterocycles. The molecule has 2 nitrogen and oxygen atoms in total. The van der Waals surface area contributed by atoms with Crippen molar-refractivity contribution in [3.8, 4) is 0 Å². The van der Waals surface area contributed by atoms with E-state index in [4.69, 9.17) is 0 Å². The van der Waals surface area contributed by atoms with Crippen molar-refractivity contribution < 1.29 is 9.59 Å². The monoisotopic (exact) mass is 382 g/mol. The highest BCUT2D eigenvalue weighted by Crippen LogP contribution is 2.42. The van der Waals surface area contributed by atoms with Crippen molar-refractivity contribution in [1.82, 2.24) is 0 Å². The van der Waals surface area contributed by atoms with E-state index in [9.17, 15) is 9.59 Å². The van der Waals surface area contributed by atoms with Crippen LogP contribution >= 0.6 is 0 Å². The third-order valence-corrected chi connectivity index (χ3v) is 7.26. The van der Waals surface area contributed by atoms with Crippen LogP contribution in [0.5, 0.6) is 0 Å². The topological polar surface area (TPSA) is 34.1 Å². The molecule has 28 heavy (non-hydrogen) atoms. The number of aryl methyl sites for hydroxylation is 1. The van der Waals surface area contributed by atoms with Crippen LogP contribution in [0.2, 0.25) is 0 Å². The minimum absolute atomic E-state index is 0.000272. The van der Waals surface area contributed by atoms with E-state index in [2.05, 4.69) is 38.1 Å². The number of carbonyl (C=O) groups is 2. The SMILES string of the molecule is CCCCC[C@H]1CC[C@H](C2CCC(c3ccc(CCC)cc3)C(=O)C2=O)CC1. The van der Waals surface area contributed by atoms with Crippen LogP contribution in [-0.2, 0) is 16.0 Å². The Morgan fingerprint density at radius 3 is 2.14 bits per heavy atom. The number of rotatable bonds is 8. The molecule has 2 atom stereocenters. The van der Waals surface area contributed by atoms with Crippen molar-refractivity contribution in [2.45, 2.75) is 96.8 Å². The summed E-state index contributed by atoms with van der Waals surface area (Å²) in [4.78, 5) is 25.8. The van der Waals surface area contributed by atoms with Gasteiger partial charge >= 0.3 is 0 Å². The summed E-state index contributed by atoms with van der Waals surface area (Å²) < 4.78 is 0. The maximum absolute atomic E-state index is 12.9. The highest BCUT2D eigenvalue weighted by atomic mass is 16.2. The Hall–Kier alpha value is -1.44. The molecule has 2 aliphatic rings. The van der Waals surface area contributed by atoms with E-state index in [1.54, 1.807) is 0 Å². The Morgan fingerprint density at radius 1 is 0.786 bits per heavy atom. The first-order chi connectivity index (χ1) is 13.6. The van der Waals surface area contributed by atoms with Crippen LogP contribution < -0.4 is 0 Å². The average Bonchev–Trinajstić information content (AvgIpc) is 2.72. The number of Topliss-reactive ketones (excluding diaryl/α,β-unsaturated/α-hetero) is 2. The van der Waals surface area contributed by atoms with Crippen LogP contribution in [0.4, 0.5) is 0 Å². The molecule has 2 aliphatic carbocycles. The van der Waals surface area contributed by atoms with E-state index in [1.165, 1.54) is 44.1 Å². The zero-order chi connectivity index (χ0) is 19.9. The molecule has 2 fully saturated rings. The van der Waals surface area contributed by atoms with Crippen molar-refractivity contribution in [3.63, 3.8) is 0 Å². The summed E-state index contributed by atoms with van der Waals surface area (Å²) in [7, 11) is 0.